The van der Waals surface area contributed by atoms with Crippen LogP contribution >= 0.6 is 0 Å². The van der Waals surface area contributed by atoms with Gasteiger partial charge in [0.25, 0.3) is 0 Å². The lowest BCUT2D eigenvalue weighted by molar-refractivity contribution is -0.864. The first kappa shape index (κ1) is 36.9. The molecule has 0 aliphatic carbocycles. The number of fused-ring (bicyclic) bond motifs is 1. The third-order valence-corrected chi connectivity index (χ3v) is 7.53. The Kier molecular flexibility index (Phi) is 13.3. The van der Waals surface area contributed by atoms with Crippen LogP contribution < -0.4 is 20.2 Å². The summed E-state index contributed by atoms with van der Waals surface area (Å²) in [5, 5.41) is 29.7. The molecule has 45 heavy (non-hydrogen) atoms. The van der Waals surface area contributed by atoms with Crippen LogP contribution in [0.3, 0.4) is 0 Å². The van der Waals surface area contributed by atoms with E-state index in [0.717, 1.165) is 18.8 Å². The van der Waals surface area contributed by atoms with Crippen molar-refractivity contribution in [3.05, 3.63) is 58.2 Å². The van der Waals surface area contributed by atoms with Crippen molar-refractivity contribution >= 4 is 50.9 Å². The van der Waals surface area contributed by atoms with Crippen LogP contribution in [0, 0.1) is 0 Å². The number of carbonyl (C=O) groups excluding carboxylic acids is 1. The fraction of sp³-hybridized carbons (Fsp3) is 0.419. The highest BCUT2D eigenvalue weighted by atomic mass is 32.2. The second kappa shape index (κ2) is 16.2. The standard InChI is InChI=1S/C26H30N2O8S.C5H11NO2/c1-3-28(4-2)19-10-12-20-22(16-19)36-26(32)21(25(20)31)11-9-18-13-15-27(17-23(18)37(33,34)35)14-7-5-6-8-24(29)30;1-6(2,3)4-5(7)8/h9-13,15-17H,3-8,14H2,1-2H3,(H2,29,30,33,34,35);4H2,1-3H3. The zero-order valence-electron chi connectivity index (χ0n) is 26.2. The molecule has 13 nitrogen and oxygen atoms in total. The molecule has 246 valence electrons. The lowest BCUT2D eigenvalue weighted by atomic mass is 10.1. The molecule has 0 aliphatic rings. The van der Waals surface area contributed by atoms with Gasteiger partial charge >= 0.3 is 11.6 Å². The maximum atomic E-state index is 12.6. The van der Waals surface area contributed by atoms with E-state index in [0.29, 0.717) is 35.7 Å². The number of likely N-dealkylation sites (N-methyl/N-ethyl adjacent to an activating group) is 1. The smallest absolute Gasteiger partial charge is 0.347 e. The van der Waals surface area contributed by atoms with Crippen LogP contribution in [-0.2, 0) is 26.3 Å². The van der Waals surface area contributed by atoms with Gasteiger partial charge in [-0.2, -0.15) is 0 Å². The summed E-state index contributed by atoms with van der Waals surface area (Å²) >= 11 is 0. The van der Waals surface area contributed by atoms with Gasteiger partial charge in [-0.1, -0.05) is 6.08 Å². The van der Waals surface area contributed by atoms with E-state index in [-0.39, 0.29) is 35.4 Å². The molecule has 14 heteroatoms. The number of pyridine rings is 1. The minimum atomic E-state index is -4.85. The molecule has 3 aromatic rings. The van der Waals surface area contributed by atoms with Crippen molar-refractivity contribution in [3.8, 4) is 5.75 Å². The van der Waals surface area contributed by atoms with Crippen LogP contribution in [0.15, 0.2) is 50.8 Å². The van der Waals surface area contributed by atoms with Crippen molar-refractivity contribution in [2.45, 2.75) is 51.0 Å². The molecule has 3 rings (SSSR count). The third kappa shape index (κ3) is 11.6. The molecule has 0 aliphatic heterocycles. The fourth-order valence-corrected chi connectivity index (χ4v) is 5.13. The Morgan fingerprint density at radius 2 is 1.73 bits per heavy atom. The molecule has 0 saturated carbocycles. The van der Waals surface area contributed by atoms with Crippen LogP contribution in [0.4, 0.5) is 5.69 Å². The number of carbonyl (C=O) groups is 2. The normalized spacial score (nSPS) is 11.8. The van der Waals surface area contributed by atoms with Gasteiger partial charge in [0.15, 0.2) is 12.4 Å². The minimum absolute atomic E-state index is 0.0490. The van der Waals surface area contributed by atoms with Gasteiger partial charge in [0, 0.05) is 49.3 Å². The number of anilines is 1. The number of hydrogen-bond acceptors (Lipinski definition) is 10. The van der Waals surface area contributed by atoms with E-state index in [9.17, 15) is 37.6 Å². The molecule has 1 aromatic carbocycles. The van der Waals surface area contributed by atoms with Crippen molar-refractivity contribution in [1.82, 2.24) is 0 Å². The van der Waals surface area contributed by atoms with Crippen LogP contribution in [0.25, 0.3) is 23.1 Å². The predicted octanol–water partition coefficient (Wildman–Crippen LogP) is 1.79. The Hall–Kier alpha value is -4.27. The van der Waals surface area contributed by atoms with Crippen LogP contribution in [0.5, 0.6) is 5.75 Å². The van der Waals surface area contributed by atoms with Gasteiger partial charge in [-0.05, 0) is 44.9 Å². The maximum Gasteiger partial charge on any atom is 0.347 e. The highest BCUT2D eigenvalue weighted by molar-refractivity contribution is 7.85. The topological polar surface area (TPSA) is 192 Å². The van der Waals surface area contributed by atoms with Crippen LogP contribution in [0.1, 0.15) is 50.7 Å². The molecule has 0 unspecified atom stereocenters. The van der Waals surface area contributed by atoms with E-state index in [4.69, 9.17) is 9.52 Å². The first-order chi connectivity index (χ1) is 21.0. The Morgan fingerprint density at radius 3 is 2.27 bits per heavy atom. The number of nitrogens with zero attached hydrogens (tertiary/aromatic N) is 3. The number of benzene rings is 1. The molecule has 0 radical (unpaired) electrons. The van der Waals surface area contributed by atoms with Crippen molar-refractivity contribution in [1.29, 1.82) is 0 Å². The number of aliphatic carboxylic acids is 2. The summed E-state index contributed by atoms with van der Waals surface area (Å²) in [4.78, 5) is 34.7. The quantitative estimate of drug-likeness (QED) is 0.0852. The summed E-state index contributed by atoms with van der Waals surface area (Å²) in [5.74, 6) is -2.19. The monoisotopic (exact) mass is 647 g/mol. The van der Waals surface area contributed by atoms with E-state index < -0.39 is 32.6 Å². The van der Waals surface area contributed by atoms with E-state index in [1.807, 2.05) is 19.9 Å². The molecule has 2 heterocycles. The maximum absolute atomic E-state index is 12.6. The van der Waals surface area contributed by atoms with Crippen LogP contribution in [-0.4, -0.2) is 80.4 Å². The number of rotatable bonds is 14. The van der Waals surface area contributed by atoms with Gasteiger partial charge in [0.1, 0.15) is 45.0 Å². The Balaban J connectivity index is 0.000000777. The molecule has 0 atom stereocenters. The van der Waals surface area contributed by atoms with E-state index >= 15 is 0 Å². The van der Waals surface area contributed by atoms with Gasteiger partial charge in [-0.3, -0.25) is 4.79 Å². The van der Waals surface area contributed by atoms with Crippen molar-refractivity contribution in [2.24, 2.45) is 0 Å². The second-order valence-electron chi connectivity index (χ2n) is 11.3. The Morgan fingerprint density at radius 1 is 1.07 bits per heavy atom. The zero-order chi connectivity index (χ0) is 33.9. The molecule has 0 bridgehead atoms. The lowest BCUT2D eigenvalue weighted by Crippen LogP contribution is -2.45. The highest BCUT2D eigenvalue weighted by Gasteiger charge is 2.16. The average Bonchev–Trinajstić information content (AvgIpc) is 2.92. The molecule has 2 aromatic heterocycles. The molecule has 0 fully saturated rings. The van der Waals surface area contributed by atoms with E-state index in [2.05, 4.69) is 4.90 Å². The molecule has 2 N–H and O–H groups in total. The summed E-state index contributed by atoms with van der Waals surface area (Å²) < 4.78 is 43.1. The first-order valence-electron chi connectivity index (χ1n) is 14.4. The molecule has 0 saturated heterocycles. The summed E-state index contributed by atoms with van der Waals surface area (Å²) in [6.45, 7) is 5.98. The number of unbranched alkanes of at least 4 members (excludes halogenated alkanes) is 2. The van der Waals surface area contributed by atoms with E-state index in [1.165, 1.54) is 29.0 Å². The number of aryl methyl sites for hydroxylation is 1. The average molecular weight is 648 g/mol. The number of quaternary nitrogens is 1. The summed E-state index contributed by atoms with van der Waals surface area (Å²) in [6, 6.07) is 6.56. The number of carboxylic acid groups (broad SMARTS) is 2. The fourth-order valence-electron chi connectivity index (χ4n) is 4.44. The second-order valence-corrected chi connectivity index (χ2v) is 12.7. The van der Waals surface area contributed by atoms with Gasteiger partial charge in [-0.15, -0.1) is 0 Å². The predicted molar refractivity (Wildman–Crippen MR) is 165 cm³/mol. The molecular formula is C31H41N3O10S. The third-order valence-electron chi connectivity index (χ3n) is 6.65. The lowest BCUT2D eigenvalue weighted by Gasteiger charge is -2.23. The number of aromatic hydroxyl groups is 1. The number of carboxylic acids is 2. The van der Waals surface area contributed by atoms with Gasteiger partial charge in [0.2, 0.25) is 0 Å². The Labute approximate surface area is 262 Å². The highest BCUT2D eigenvalue weighted by Crippen LogP contribution is 2.31. The zero-order valence-corrected chi connectivity index (χ0v) is 27.0. The van der Waals surface area contributed by atoms with Crippen molar-refractivity contribution < 1.29 is 51.3 Å². The van der Waals surface area contributed by atoms with Gasteiger partial charge < -0.3 is 38.5 Å². The van der Waals surface area contributed by atoms with E-state index in [1.54, 1.807) is 39.5 Å². The van der Waals surface area contributed by atoms with Gasteiger partial charge in [0.05, 0.1) is 32.5 Å². The molecular weight excluding hydrogens is 606 g/mol. The number of aromatic nitrogens is 1. The summed E-state index contributed by atoms with van der Waals surface area (Å²) in [6.07, 6.45) is 7.07. The first-order valence-corrected chi connectivity index (χ1v) is 15.8. The number of hydrogen-bond donors (Lipinski definition) is 2. The van der Waals surface area contributed by atoms with Crippen LogP contribution in [0.2, 0.25) is 0 Å². The summed E-state index contributed by atoms with van der Waals surface area (Å²) in [7, 11) is 0.556. The summed E-state index contributed by atoms with van der Waals surface area (Å²) in [5.41, 5.74) is 0.126. The SMILES string of the molecule is CCN(CC)c1ccc2c(O)c(/C=C/c3cc[n+](CCCCCC(=O)O)cc3S(=O)(=O)[O-])c(=O)oc2c1.C[N+](C)(C)CC(=O)[O-]. The molecule has 0 amide bonds. The molecule has 0 spiro atoms. The van der Waals surface area contributed by atoms with Crippen molar-refractivity contribution in [2.75, 3.05) is 45.7 Å². The van der Waals surface area contributed by atoms with Gasteiger partial charge in [-0.25, -0.2) is 17.8 Å². The minimum Gasteiger partial charge on any atom is -0.744 e. The van der Waals surface area contributed by atoms with Crippen molar-refractivity contribution in [3.63, 3.8) is 0 Å². The Bertz CT molecular complexity index is 1690. The largest absolute Gasteiger partial charge is 0.744 e.